The van der Waals surface area contributed by atoms with Crippen LogP contribution in [0.4, 0.5) is 0 Å². The van der Waals surface area contributed by atoms with Gasteiger partial charge in [0.25, 0.3) is 0 Å². The number of hydrogen-bond donors (Lipinski definition) is 1. The first kappa shape index (κ1) is 9.19. The molecule has 0 saturated heterocycles. The molecule has 0 amide bonds. The van der Waals surface area contributed by atoms with Crippen LogP contribution in [-0.4, -0.2) is 30.1 Å². The third kappa shape index (κ3) is 1.64. The van der Waals surface area contributed by atoms with Crippen molar-refractivity contribution in [2.24, 2.45) is 5.92 Å². The van der Waals surface area contributed by atoms with Crippen LogP contribution < -0.4 is 0 Å². The molecule has 0 heterocycles. The summed E-state index contributed by atoms with van der Waals surface area (Å²) in [4.78, 5) is 21.7. The van der Waals surface area contributed by atoms with E-state index in [1.165, 1.54) is 7.11 Å². The van der Waals surface area contributed by atoms with E-state index in [-0.39, 0.29) is 5.78 Å². The number of ether oxygens (including phenoxy) is 1. The predicted molar refractivity (Wildman–Crippen MR) is 40.8 cm³/mol. The minimum absolute atomic E-state index is 0.0178. The Morgan fingerprint density at radius 1 is 1.75 bits per heavy atom. The molecule has 0 radical (unpaired) electrons. The number of rotatable bonds is 3. The van der Waals surface area contributed by atoms with Gasteiger partial charge in [-0.3, -0.25) is 4.79 Å². The largest absolute Gasteiger partial charge is 0.479 e. The van der Waals surface area contributed by atoms with Gasteiger partial charge in [0.15, 0.2) is 6.10 Å². The first-order valence-corrected chi connectivity index (χ1v) is 3.95. The summed E-state index contributed by atoms with van der Waals surface area (Å²) < 4.78 is 4.75. The number of carbonyl (C=O) groups is 2. The minimum Gasteiger partial charge on any atom is -0.479 e. The number of carboxylic acids is 1. The molecule has 0 aromatic heterocycles. The smallest absolute Gasteiger partial charge is 0.333 e. The molecular formula is C8H12O4. The molecule has 1 saturated carbocycles. The summed E-state index contributed by atoms with van der Waals surface area (Å²) in [6, 6.07) is 0. The number of hydrogen-bond acceptors (Lipinski definition) is 3. The van der Waals surface area contributed by atoms with E-state index in [4.69, 9.17) is 9.84 Å². The molecule has 1 aliphatic carbocycles. The average molecular weight is 172 g/mol. The molecule has 0 spiro atoms. The summed E-state index contributed by atoms with van der Waals surface area (Å²) in [6.45, 7) is 0. The maximum Gasteiger partial charge on any atom is 0.333 e. The lowest BCUT2D eigenvalue weighted by Crippen LogP contribution is -2.33. The van der Waals surface area contributed by atoms with Crippen molar-refractivity contribution in [1.29, 1.82) is 0 Å². The molecule has 1 N–H and O–H groups in total. The van der Waals surface area contributed by atoms with E-state index >= 15 is 0 Å². The van der Waals surface area contributed by atoms with Crippen molar-refractivity contribution < 1.29 is 19.4 Å². The molecule has 12 heavy (non-hydrogen) atoms. The fourth-order valence-corrected chi connectivity index (χ4v) is 1.60. The van der Waals surface area contributed by atoms with E-state index in [9.17, 15) is 9.59 Å². The molecule has 68 valence electrons. The Kier molecular flexibility index (Phi) is 2.81. The maximum atomic E-state index is 11.1. The van der Waals surface area contributed by atoms with Gasteiger partial charge in [-0.25, -0.2) is 4.79 Å². The molecule has 1 aliphatic rings. The van der Waals surface area contributed by atoms with E-state index in [0.717, 1.165) is 6.42 Å². The summed E-state index contributed by atoms with van der Waals surface area (Å²) in [7, 11) is 1.32. The first-order valence-electron chi connectivity index (χ1n) is 3.95. The Labute approximate surface area is 70.5 Å². The lowest BCUT2D eigenvalue weighted by Gasteiger charge is -2.15. The molecule has 1 rings (SSSR count). The van der Waals surface area contributed by atoms with Crippen LogP contribution in [0.2, 0.25) is 0 Å². The van der Waals surface area contributed by atoms with Gasteiger partial charge in [0.05, 0.1) is 5.92 Å². The van der Waals surface area contributed by atoms with Crippen LogP contribution in [0.25, 0.3) is 0 Å². The molecular weight excluding hydrogens is 160 g/mol. The Bertz CT molecular complexity index is 199. The highest BCUT2D eigenvalue weighted by Crippen LogP contribution is 2.25. The Morgan fingerprint density at radius 2 is 2.42 bits per heavy atom. The zero-order valence-corrected chi connectivity index (χ0v) is 6.95. The molecule has 0 aromatic carbocycles. The van der Waals surface area contributed by atoms with Crippen LogP contribution >= 0.6 is 0 Å². The van der Waals surface area contributed by atoms with Crippen molar-refractivity contribution in [3.8, 4) is 0 Å². The third-order valence-electron chi connectivity index (χ3n) is 2.21. The molecule has 4 heteroatoms. The van der Waals surface area contributed by atoms with Crippen LogP contribution in [0, 0.1) is 5.92 Å². The average Bonchev–Trinajstić information content (AvgIpc) is 2.38. The van der Waals surface area contributed by atoms with Crippen LogP contribution in [0.3, 0.4) is 0 Å². The quantitative estimate of drug-likeness (QED) is 0.671. The van der Waals surface area contributed by atoms with Gasteiger partial charge in [0.1, 0.15) is 5.78 Å². The maximum absolute atomic E-state index is 11.1. The molecule has 4 nitrogen and oxygen atoms in total. The van der Waals surface area contributed by atoms with E-state index in [1.807, 2.05) is 0 Å². The monoisotopic (exact) mass is 172 g/mol. The second kappa shape index (κ2) is 3.67. The van der Waals surface area contributed by atoms with Crippen molar-refractivity contribution >= 4 is 11.8 Å². The standard InChI is InChI=1S/C8H12O4/c1-12-7(8(10)11)5-3-2-4-6(5)9/h5,7H,2-4H2,1H3,(H,10,11). The highest BCUT2D eigenvalue weighted by atomic mass is 16.5. The van der Waals surface area contributed by atoms with E-state index in [1.54, 1.807) is 0 Å². The number of carbonyl (C=O) groups excluding carboxylic acids is 1. The predicted octanol–water partition coefficient (Wildman–Crippen LogP) is 0.455. The molecule has 0 aliphatic heterocycles. The van der Waals surface area contributed by atoms with Gasteiger partial charge in [0, 0.05) is 13.5 Å². The number of aliphatic carboxylic acids is 1. The van der Waals surface area contributed by atoms with Crippen molar-refractivity contribution in [1.82, 2.24) is 0 Å². The van der Waals surface area contributed by atoms with Gasteiger partial charge in [-0.1, -0.05) is 0 Å². The number of Topliss-reactive ketones (excluding diaryl/α,β-unsaturated/α-hetero) is 1. The zero-order valence-electron chi connectivity index (χ0n) is 6.95. The Balaban J connectivity index is 2.65. The Morgan fingerprint density at radius 3 is 2.75 bits per heavy atom. The van der Waals surface area contributed by atoms with Crippen LogP contribution in [0.15, 0.2) is 0 Å². The summed E-state index contributed by atoms with van der Waals surface area (Å²) in [5.41, 5.74) is 0. The lowest BCUT2D eigenvalue weighted by atomic mass is 10.00. The number of ketones is 1. The molecule has 2 atom stereocenters. The molecule has 0 aromatic rings. The SMILES string of the molecule is COC(C(=O)O)C1CCCC1=O. The van der Waals surface area contributed by atoms with Crippen molar-refractivity contribution in [2.75, 3.05) is 7.11 Å². The normalized spacial score (nSPS) is 25.8. The fraction of sp³-hybridized carbons (Fsp3) is 0.750. The van der Waals surface area contributed by atoms with E-state index in [0.29, 0.717) is 12.8 Å². The highest BCUT2D eigenvalue weighted by Gasteiger charge is 2.36. The van der Waals surface area contributed by atoms with Crippen LogP contribution in [0.5, 0.6) is 0 Å². The number of methoxy groups -OCH3 is 1. The third-order valence-corrected chi connectivity index (χ3v) is 2.21. The fourth-order valence-electron chi connectivity index (χ4n) is 1.60. The van der Waals surface area contributed by atoms with Gasteiger partial charge in [0.2, 0.25) is 0 Å². The molecule has 2 unspecified atom stereocenters. The van der Waals surface area contributed by atoms with Crippen LogP contribution in [-0.2, 0) is 14.3 Å². The summed E-state index contributed by atoms with van der Waals surface area (Å²) in [5.74, 6) is -1.45. The highest BCUT2D eigenvalue weighted by molar-refractivity contribution is 5.88. The van der Waals surface area contributed by atoms with Crippen molar-refractivity contribution in [2.45, 2.75) is 25.4 Å². The molecule has 1 fully saturated rings. The minimum atomic E-state index is -1.04. The zero-order chi connectivity index (χ0) is 9.14. The first-order chi connectivity index (χ1) is 5.66. The van der Waals surface area contributed by atoms with E-state index in [2.05, 4.69) is 0 Å². The topological polar surface area (TPSA) is 63.6 Å². The lowest BCUT2D eigenvalue weighted by molar-refractivity contribution is -0.154. The van der Waals surface area contributed by atoms with Gasteiger partial charge in [-0.2, -0.15) is 0 Å². The van der Waals surface area contributed by atoms with Gasteiger partial charge in [-0.15, -0.1) is 0 Å². The van der Waals surface area contributed by atoms with E-state index < -0.39 is 18.0 Å². The van der Waals surface area contributed by atoms with Gasteiger partial charge in [-0.05, 0) is 12.8 Å². The van der Waals surface area contributed by atoms with Gasteiger partial charge < -0.3 is 9.84 Å². The molecule has 0 bridgehead atoms. The van der Waals surface area contributed by atoms with Crippen molar-refractivity contribution in [3.63, 3.8) is 0 Å². The summed E-state index contributed by atoms with van der Waals surface area (Å²) in [6.07, 6.45) is 0.984. The van der Waals surface area contributed by atoms with Crippen molar-refractivity contribution in [3.05, 3.63) is 0 Å². The number of carboxylic acid groups (broad SMARTS) is 1. The Hall–Kier alpha value is -0.900. The second-order valence-electron chi connectivity index (χ2n) is 2.96. The second-order valence-corrected chi connectivity index (χ2v) is 2.96. The summed E-state index contributed by atoms with van der Waals surface area (Å²) >= 11 is 0. The van der Waals surface area contributed by atoms with Crippen LogP contribution in [0.1, 0.15) is 19.3 Å². The summed E-state index contributed by atoms with van der Waals surface area (Å²) in [5, 5.41) is 8.67. The van der Waals surface area contributed by atoms with Gasteiger partial charge >= 0.3 is 5.97 Å².